The molecule has 0 saturated carbocycles. The fraction of sp³-hybridized carbons (Fsp3) is 0.0175. The Labute approximate surface area is 354 Å². The van der Waals surface area contributed by atoms with Gasteiger partial charge in [-0.2, -0.15) is 0 Å². The Morgan fingerprint density at radius 1 is 0.383 bits per heavy atom. The Bertz CT molecular complexity index is 3510. The first-order valence-electron chi connectivity index (χ1n) is 20.8. The molecule has 282 valence electrons. The predicted molar refractivity (Wildman–Crippen MR) is 262 cm³/mol. The van der Waals surface area contributed by atoms with Gasteiger partial charge in [-0.1, -0.05) is 200 Å². The molecule has 0 spiro atoms. The van der Waals surface area contributed by atoms with Gasteiger partial charge in [0.2, 0.25) is 0 Å². The van der Waals surface area contributed by atoms with E-state index < -0.39 is 8.07 Å². The number of thiophene rings is 1. The van der Waals surface area contributed by atoms with E-state index in [9.17, 15) is 0 Å². The molecule has 60 heavy (non-hydrogen) atoms. The van der Waals surface area contributed by atoms with Crippen molar-refractivity contribution in [2.24, 2.45) is 0 Å². The van der Waals surface area contributed by atoms with Crippen LogP contribution in [-0.2, 0) is 6.42 Å². The number of benzene rings is 10. The SMILES string of the molecule is c1ccc([Si](c2ccccc2)(c2ccc(Cc3cc4ccccc4c4ccccc34)cc2)c2ccc(-n3c4ccccc4c4ccc5c6ccccc6sc5c43)cc2)cc1. The summed E-state index contributed by atoms with van der Waals surface area (Å²) in [5.74, 6) is 0. The van der Waals surface area contributed by atoms with E-state index in [4.69, 9.17) is 0 Å². The predicted octanol–water partition coefficient (Wildman–Crippen LogP) is 12.4. The van der Waals surface area contributed by atoms with Gasteiger partial charge in [-0.25, -0.2) is 0 Å². The highest BCUT2D eigenvalue weighted by Gasteiger charge is 2.41. The monoisotopic (exact) mass is 797 g/mol. The van der Waals surface area contributed by atoms with Crippen LogP contribution < -0.4 is 20.7 Å². The fourth-order valence-corrected chi connectivity index (χ4v) is 16.1. The third kappa shape index (κ3) is 5.37. The average molecular weight is 798 g/mol. The summed E-state index contributed by atoms with van der Waals surface area (Å²) in [7, 11) is -2.78. The van der Waals surface area contributed by atoms with Crippen LogP contribution in [0.4, 0.5) is 0 Å². The summed E-state index contributed by atoms with van der Waals surface area (Å²) in [5.41, 5.74) is 6.37. The van der Waals surface area contributed by atoms with Crippen molar-refractivity contribution in [3.05, 3.63) is 236 Å². The zero-order valence-electron chi connectivity index (χ0n) is 32.9. The van der Waals surface area contributed by atoms with E-state index in [0.29, 0.717) is 0 Å². The van der Waals surface area contributed by atoms with E-state index >= 15 is 0 Å². The molecule has 0 N–H and O–H groups in total. The first kappa shape index (κ1) is 34.9. The average Bonchev–Trinajstić information content (AvgIpc) is 3.87. The number of hydrogen-bond acceptors (Lipinski definition) is 1. The Hall–Kier alpha value is -7.04. The van der Waals surface area contributed by atoms with E-state index in [1.165, 1.54) is 101 Å². The summed E-state index contributed by atoms with van der Waals surface area (Å²) in [6, 6.07) is 84.2. The van der Waals surface area contributed by atoms with Gasteiger partial charge in [0.25, 0.3) is 0 Å². The van der Waals surface area contributed by atoms with Crippen molar-refractivity contribution in [3.8, 4) is 5.69 Å². The normalized spacial score (nSPS) is 12.1. The van der Waals surface area contributed by atoms with Crippen molar-refractivity contribution in [2.75, 3.05) is 0 Å². The van der Waals surface area contributed by atoms with Gasteiger partial charge in [-0.3, -0.25) is 0 Å². The van der Waals surface area contributed by atoms with Gasteiger partial charge in [0.15, 0.2) is 8.07 Å². The third-order valence-electron chi connectivity index (χ3n) is 12.8. The summed E-state index contributed by atoms with van der Waals surface area (Å²) in [5, 5.41) is 16.0. The summed E-state index contributed by atoms with van der Waals surface area (Å²) in [6.45, 7) is 0. The Balaban J connectivity index is 1.03. The smallest absolute Gasteiger partial charge is 0.179 e. The lowest BCUT2D eigenvalue weighted by molar-refractivity contribution is 1.19. The third-order valence-corrected chi connectivity index (χ3v) is 18.8. The van der Waals surface area contributed by atoms with Crippen LogP contribution in [0.15, 0.2) is 224 Å². The summed E-state index contributed by atoms with van der Waals surface area (Å²) >= 11 is 1.90. The molecule has 0 fully saturated rings. The number of fused-ring (bicyclic) bond motifs is 10. The van der Waals surface area contributed by atoms with Gasteiger partial charge in [0.1, 0.15) is 0 Å². The molecule has 3 heteroatoms. The van der Waals surface area contributed by atoms with Crippen LogP contribution in [0, 0.1) is 0 Å². The molecule has 10 aromatic carbocycles. The zero-order chi connectivity index (χ0) is 39.6. The van der Waals surface area contributed by atoms with E-state index in [0.717, 1.165) is 6.42 Å². The van der Waals surface area contributed by atoms with E-state index in [1.807, 2.05) is 11.3 Å². The van der Waals surface area contributed by atoms with E-state index in [1.54, 1.807) is 0 Å². The molecule has 0 aliphatic heterocycles. The lowest BCUT2D eigenvalue weighted by atomic mass is 9.94. The van der Waals surface area contributed by atoms with Gasteiger partial charge < -0.3 is 4.57 Å². The second-order valence-corrected chi connectivity index (χ2v) is 20.9. The molecular formula is C57H39NSSi. The second kappa shape index (κ2) is 14.1. The van der Waals surface area contributed by atoms with Crippen LogP contribution in [0.2, 0.25) is 0 Å². The van der Waals surface area contributed by atoms with Crippen LogP contribution in [0.25, 0.3) is 69.2 Å². The maximum Gasteiger partial charge on any atom is 0.179 e. The molecule has 0 amide bonds. The minimum atomic E-state index is -2.78. The maximum atomic E-state index is 2.51. The van der Waals surface area contributed by atoms with Gasteiger partial charge in [0, 0.05) is 31.9 Å². The van der Waals surface area contributed by atoms with Crippen LogP contribution in [0.3, 0.4) is 0 Å². The molecule has 12 aromatic rings. The second-order valence-electron chi connectivity index (χ2n) is 16.0. The number of rotatable bonds is 7. The van der Waals surface area contributed by atoms with Gasteiger partial charge in [-0.05, 0) is 84.1 Å². The first-order chi connectivity index (χ1) is 29.8. The van der Waals surface area contributed by atoms with Gasteiger partial charge >= 0.3 is 0 Å². The summed E-state index contributed by atoms with van der Waals surface area (Å²) in [6.07, 6.45) is 0.872. The van der Waals surface area contributed by atoms with Crippen LogP contribution in [-0.4, -0.2) is 12.6 Å². The highest BCUT2D eigenvalue weighted by atomic mass is 32.1. The summed E-state index contributed by atoms with van der Waals surface area (Å²) in [4.78, 5) is 0. The molecule has 12 rings (SSSR count). The quantitative estimate of drug-likeness (QED) is 0.0860. The number of nitrogens with zero attached hydrogens (tertiary/aromatic N) is 1. The number of hydrogen-bond donors (Lipinski definition) is 0. The molecule has 0 aliphatic rings. The van der Waals surface area contributed by atoms with Gasteiger partial charge in [0.05, 0.1) is 15.7 Å². The van der Waals surface area contributed by atoms with Crippen molar-refractivity contribution in [1.29, 1.82) is 0 Å². The van der Waals surface area contributed by atoms with Crippen LogP contribution >= 0.6 is 11.3 Å². The Kier molecular flexibility index (Phi) is 8.19. The largest absolute Gasteiger partial charge is 0.308 e. The molecule has 1 nitrogen and oxygen atoms in total. The van der Waals surface area contributed by atoms with Crippen molar-refractivity contribution in [1.82, 2.24) is 4.57 Å². The molecule has 2 aromatic heterocycles. The van der Waals surface area contributed by atoms with Crippen LogP contribution in [0.5, 0.6) is 0 Å². The zero-order valence-corrected chi connectivity index (χ0v) is 34.7. The fourth-order valence-electron chi connectivity index (χ4n) is 10.1. The molecular weight excluding hydrogens is 759 g/mol. The van der Waals surface area contributed by atoms with Crippen molar-refractivity contribution in [3.63, 3.8) is 0 Å². The lowest BCUT2D eigenvalue weighted by Crippen LogP contribution is -2.74. The molecule has 0 aliphatic carbocycles. The standard InChI is InChI=1S/C57H39NSSi/c1-3-16-43(17-4-1)60(44-18-5-2-6-19-44,45-31-27-39(28-32-45)37-41-38-40-15-7-8-20-47(40)49-22-10-9-21-48(41)49)46-33-29-42(30-34-46)58-54-25-13-11-23-50(54)52-35-36-53-51-24-12-14-26-55(51)59-57(53)56(52)58/h1-36,38H,37H2. The minimum Gasteiger partial charge on any atom is -0.308 e. The topological polar surface area (TPSA) is 4.93 Å². The van der Waals surface area contributed by atoms with Crippen molar-refractivity contribution < 1.29 is 0 Å². The highest BCUT2D eigenvalue weighted by molar-refractivity contribution is 7.26. The minimum absolute atomic E-state index is 0.872. The van der Waals surface area contributed by atoms with E-state index in [2.05, 4.69) is 229 Å². The lowest BCUT2D eigenvalue weighted by Gasteiger charge is -2.34. The highest BCUT2D eigenvalue weighted by Crippen LogP contribution is 2.43. The number of aromatic nitrogens is 1. The summed E-state index contributed by atoms with van der Waals surface area (Å²) < 4.78 is 5.17. The maximum absolute atomic E-state index is 2.78. The van der Waals surface area contributed by atoms with Crippen molar-refractivity contribution in [2.45, 2.75) is 6.42 Å². The molecule has 2 heterocycles. The Morgan fingerprint density at radius 3 is 1.63 bits per heavy atom. The molecule has 0 bridgehead atoms. The Morgan fingerprint density at radius 2 is 0.917 bits per heavy atom. The van der Waals surface area contributed by atoms with Crippen molar-refractivity contribution >= 4 is 104 Å². The van der Waals surface area contributed by atoms with Crippen LogP contribution in [0.1, 0.15) is 11.1 Å². The number of para-hydroxylation sites is 1. The molecule has 0 radical (unpaired) electrons. The van der Waals surface area contributed by atoms with Gasteiger partial charge in [-0.15, -0.1) is 11.3 Å². The first-order valence-corrected chi connectivity index (χ1v) is 23.6. The molecule has 0 unspecified atom stereocenters. The molecule has 0 saturated heterocycles. The molecule has 0 atom stereocenters. The van der Waals surface area contributed by atoms with E-state index in [-0.39, 0.29) is 0 Å².